The van der Waals surface area contributed by atoms with Crippen molar-refractivity contribution < 1.29 is 4.79 Å². The lowest BCUT2D eigenvalue weighted by Crippen LogP contribution is -2.26. The van der Waals surface area contributed by atoms with Gasteiger partial charge in [0.2, 0.25) is 0 Å². The van der Waals surface area contributed by atoms with E-state index in [1.54, 1.807) is 18.2 Å². The molecule has 2 heterocycles. The topological polar surface area (TPSA) is 76.9 Å². The van der Waals surface area contributed by atoms with Crippen LogP contribution in [0.3, 0.4) is 0 Å². The van der Waals surface area contributed by atoms with E-state index >= 15 is 0 Å². The minimum absolute atomic E-state index is 0.152. The fraction of sp³-hybridized carbons (Fsp3) is 0.143. The van der Waals surface area contributed by atoms with E-state index in [0.717, 1.165) is 11.1 Å². The zero-order valence-electron chi connectivity index (χ0n) is 15.3. The third kappa shape index (κ3) is 4.36. The van der Waals surface area contributed by atoms with Gasteiger partial charge in [0, 0.05) is 17.1 Å². The maximum absolute atomic E-state index is 12.4. The van der Waals surface area contributed by atoms with Crippen LogP contribution in [0.2, 0.25) is 5.02 Å². The lowest BCUT2D eigenvalue weighted by atomic mass is 10.1. The van der Waals surface area contributed by atoms with E-state index in [4.69, 9.17) is 11.6 Å². The highest BCUT2D eigenvalue weighted by Crippen LogP contribution is 2.15. The highest BCUT2D eigenvalue weighted by atomic mass is 35.5. The van der Waals surface area contributed by atoms with Crippen LogP contribution in [0.15, 0.2) is 64.8 Å². The average molecular weight is 425 g/mol. The van der Waals surface area contributed by atoms with E-state index in [2.05, 4.69) is 15.6 Å². The molecule has 0 spiro atoms. The molecule has 1 amide bonds. The van der Waals surface area contributed by atoms with Crippen LogP contribution < -0.4 is 10.9 Å². The fourth-order valence-electron chi connectivity index (χ4n) is 2.95. The van der Waals surface area contributed by atoms with Gasteiger partial charge in [-0.3, -0.25) is 9.59 Å². The van der Waals surface area contributed by atoms with E-state index in [1.165, 1.54) is 16.0 Å². The van der Waals surface area contributed by atoms with Crippen molar-refractivity contribution >= 4 is 39.1 Å². The first-order chi connectivity index (χ1) is 14.1. The molecule has 0 saturated heterocycles. The minimum Gasteiger partial charge on any atom is -0.352 e. The molecule has 0 aliphatic heterocycles. The molecule has 0 aliphatic rings. The number of fused-ring (bicyclic) bond motifs is 1. The van der Waals surface area contributed by atoms with Gasteiger partial charge >= 0.3 is 0 Å². The average Bonchev–Trinajstić information content (AvgIpc) is 3.22. The summed E-state index contributed by atoms with van der Waals surface area (Å²) in [6, 6.07) is 16.5. The predicted molar refractivity (Wildman–Crippen MR) is 115 cm³/mol. The molecule has 29 heavy (non-hydrogen) atoms. The van der Waals surface area contributed by atoms with Gasteiger partial charge in [-0.25, -0.2) is 4.68 Å². The molecule has 1 N–H and O–H groups in total. The van der Waals surface area contributed by atoms with Gasteiger partial charge in [-0.15, -0.1) is 16.4 Å². The first kappa shape index (κ1) is 19.3. The quantitative estimate of drug-likeness (QED) is 0.513. The van der Waals surface area contributed by atoms with Crippen LogP contribution in [0.25, 0.3) is 10.2 Å². The van der Waals surface area contributed by atoms with Crippen molar-refractivity contribution in [2.75, 3.05) is 6.54 Å². The number of aromatic nitrogens is 3. The van der Waals surface area contributed by atoms with Crippen LogP contribution in [-0.2, 0) is 13.0 Å². The van der Waals surface area contributed by atoms with Crippen LogP contribution in [0.5, 0.6) is 0 Å². The molecular weight excluding hydrogens is 408 g/mol. The summed E-state index contributed by atoms with van der Waals surface area (Å²) in [6.07, 6.45) is 0.663. The third-order valence-electron chi connectivity index (χ3n) is 4.52. The van der Waals surface area contributed by atoms with Crippen molar-refractivity contribution in [2.24, 2.45) is 0 Å². The van der Waals surface area contributed by atoms with E-state index in [-0.39, 0.29) is 11.5 Å². The number of thiophene rings is 1. The summed E-state index contributed by atoms with van der Waals surface area (Å²) in [4.78, 5) is 24.8. The van der Waals surface area contributed by atoms with Crippen LogP contribution in [-0.4, -0.2) is 27.4 Å². The predicted octanol–water partition coefficient (Wildman–Crippen LogP) is 3.53. The van der Waals surface area contributed by atoms with Gasteiger partial charge in [0.1, 0.15) is 10.2 Å². The van der Waals surface area contributed by atoms with Gasteiger partial charge in [0.05, 0.1) is 6.54 Å². The number of nitrogens with zero attached hydrogens (tertiary/aromatic N) is 3. The lowest BCUT2D eigenvalue weighted by Gasteiger charge is -2.08. The van der Waals surface area contributed by atoms with Crippen LogP contribution in [0.4, 0.5) is 0 Å². The summed E-state index contributed by atoms with van der Waals surface area (Å²) in [6.45, 7) is 0.796. The number of carbonyl (C=O) groups is 1. The summed E-state index contributed by atoms with van der Waals surface area (Å²) in [5.41, 5.74) is 2.87. The monoisotopic (exact) mass is 424 g/mol. The van der Waals surface area contributed by atoms with Crippen molar-refractivity contribution in [2.45, 2.75) is 13.0 Å². The Morgan fingerprint density at radius 3 is 2.69 bits per heavy atom. The van der Waals surface area contributed by atoms with Gasteiger partial charge in [-0.1, -0.05) is 47.1 Å². The molecule has 4 rings (SSSR count). The van der Waals surface area contributed by atoms with Crippen molar-refractivity contribution in [3.63, 3.8) is 0 Å². The number of carbonyl (C=O) groups excluding carboxylic acids is 1. The van der Waals surface area contributed by atoms with E-state index < -0.39 is 0 Å². The Morgan fingerprint density at radius 2 is 1.90 bits per heavy atom. The van der Waals surface area contributed by atoms with Gasteiger partial charge in [-0.2, -0.15) is 0 Å². The summed E-state index contributed by atoms with van der Waals surface area (Å²) < 4.78 is 1.92. The second-order valence-corrected chi connectivity index (χ2v) is 7.80. The molecule has 2 aromatic heterocycles. The molecule has 8 heteroatoms. The Labute approximate surface area is 175 Å². The molecule has 0 bridgehead atoms. The maximum atomic E-state index is 12.4. The molecule has 0 atom stereocenters. The number of rotatable bonds is 6. The Kier molecular flexibility index (Phi) is 5.69. The van der Waals surface area contributed by atoms with Gasteiger partial charge in [-0.05, 0) is 47.2 Å². The fourth-order valence-corrected chi connectivity index (χ4v) is 3.95. The molecule has 6 nitrogen and oxygen atoms in total. The molecule has 0 saturated carbocycles. The Hall–Kier alpha value is -3.03. The van der Waals surface area contributed by atoms with Crippen molar-refractivity contribution in [3.8, 4) is 0 Å². The number of hydrogen-bond acceptors (Lipinski definition) is 5. The number of halogens is 1. The zero-order valence-corrected chi connectivity index (χ0v) is 16.9. The molecular formula is C21H17ClN4O2S. The number of hydrogen-bond donors (Lipinski definition) is 1. The van der Waals surface area contributed by atoms with E-state index in [9.17, 15) is 9.59 Å². The summed E-state index contributed by atoms with van der Waals surface area (Å²) >= 11 is 7.49. The second kappa shape index (κ2) is 8.55. The van der Waals surface area contributed by atoms with Gasteiger partial charge in [0.25, 0.3) is 11.5 Å². The SMILES string of the molecule is O=C(NCCc1ccccc1Cl)c1ccc(Cn2nnc3ccsc3c2=O)cc1. The standard InChI is InChI=1S/C21H17ClN4O2S/c22-17-4-2-1-3-15(17)9-11-23-20(27)16-7-5-14(6-8-16)13-26-21(28)19-18(24-25-26)10-12-29-19/h1-8,10,12H,9,11,13H2,(H,23,27). The van der Waals surface area contributed by atoms with Gasteiger partial charge < -0.3 is 5.32 Å². The molecule has 4 aromatic rings. The summed E-state index contributed by atoms with van der Waals surface area (Å²) in [5.74, 6) is -0.152. The number of benzene rings is 2. The molecule has 2 aromatic carbocycles. The molecule has 0 aliphatic carbocycles. The Balaban J connectivity index is 1.38. The normalized spacial score (nSPS) is 10.9. The molecule has 0 radical (unpaired) electrons. The lowest BCUT2D eigenvalue weighted by molar-refractivity contribution is 0.0954. The van der Waals surface area contributed by atoms with E-state index in [1.807, 2.05) is 41.8 Å². The van der Waals surface area contributed by atoms with Crippen molar-refractivity contribution in [1.29, 1.82) is 0 Å². The Morgan fingerprint density at radius 1 is 1.10 bits per heavy atom. The molecule has 0 unspecified atom stereocenters. The van der Waals surface area contributed by atoms with Crippen LogP contribution >= 0.6 is 22.9 Å². The maximum Gasteiger partial charge on any atom is 0.288 e. The summed E-state index contributed by atoms with van der Waals surface area (Å²) in [5, 5.41) is 13.5. The van der Waals surface area contributed by atoms with Gasteiger partial charge in [0.15, 0.2) is 0 Å². The third-order valence-corrected chi connectivity index (χ3v) is 5.78. The number of nitrogens with one attached hydrogen (secondary N) is 1. The smallest absolute Gasteiger partial charge is 0.288 e. The van der Waals surface area contributed by atoms with Crippen LogP contribution in [0.1, 0.15) is 21.5 Å². The summed E-state index contributed by atoms with van der Waals surface area (Å²) in [7, 11) is 0. The highest BCUT2D eigenvalue weighted by Gasteiger charge is 2.09. The Bertz CT molecular complexity index is 1220. The first-order valence-corrected chi connectivity index (χ1v) is 10.3. The zero-order chi connectivity index (χ0) is 20.2. The number of amides is 1. The van der Waals surface area contributed by atoms with Crippen molar-refractivity contribution in [1.82, 2.24) is 20.3 Å². The molecule has 146 valence electrons. The molecule has 0 fully saturated rings. The highest BCUT2D eigenvalue weighted by molar-refractivity contribution is 7.17. The first-order valence-electron chi connectivity index (χ1n) is 9.03. The minimum atomic E-state index is -0.161. The van der Waals surface area contributed by atoms with E-state index in [0.29, 0.717) is 40.3 Å². The van der Waals surface area contributed by atoms with Crippen molar-refractivity contribution in [3.05, 3.63) is 92.0 Å². The van der Waals surface area contributed by atoms with Crippen LogP contribution in [0, 0.1) is 0 Å². The largest absolute Gasteiger partial charge is 0.352 e. The second-order valence-electron chi connectivity index (χ2n) is 6.48.